The monoisotopic (exact) mass is 283 g/mol. The van der Waals surface area contributed by atoms with E-state index in [-0.39, 0.29) is 29.8 Å². The Morgan fingerprint density at radius 2 is 2.10 bits per heavy atom. The van der Waals surface area contributed by atoms with E-state index in [1.807, 2.05) is 23.1 Å². The van der Waals surface area contributed by atoms with E-state index in [1.165, 1.54) is 5.56 Å². The number of anilines is 1. The van der Waals surface area contributed by atoms with E-state index >= 15 is 0 Å². The van der Waals surface area contributed by atoms with Crippen LogP contribution in [0.15, 0.2) is 24.3 Å². The fraction of sp³-hybridized carbons (Fsp3) is 0.529. The van der Waals surface area contributed by atoms with Crippen LogP contribution in [0, 0.1) is 23.7 Å². The number of hydrogen-bond donors (Lipinski definition) is 0. The van der Waals surface area contributed by atoms with Crippen LogP contribution < -0.4 is 4.90 Å². The number of rotatable bonds is 1. The SMILES string of the molecule is O=C1O[C@@H]2C[C@@H]3C[C@@H]2[C@H]1[C@@H]3C(=O)N1CCc2ccccc21. The molecule has 21 heavy (non-hydrogen) atoms. The lowest BCUT2D eigenvalue weighted by Gasteiger charge is -2.28. The lowest BCUT2D eigenvalue weighted by molar-refractivity contribution is -0.145. The molecule has 3 fully saturated rings. The summed E-state index contributed by atoms with van der Waals surface area (Å²) in [6, 6.07) is 8.10. The summed E-state index contributed by atoms with van der Waals surface area (Å²) in [4.78, 5) is 27.0. The Balaban J connectivity index is 1.49. The zero-order valence-corrected chi connectivity index (χ0v) is 11.7. The van der Waals surface area contributed by atoms with Crippen molar-refractivity contribution in [2.45, 2.75) is 25.4 Å². The minimum atomic E-state index is -0.172. The standard InChI is InChI=1S/C17H17NO3/c19-16(18-6-5-9-3-1-2-4-12(9)18)14-10-7-11-13(8-10)21-17(20)15(11)14/h1-4,10-11,13-15H,5-8H2/t10-,11-,13+,14+,15-/m0/s1. The van der Waals surface area contributed by atoms with E-state index in [9.17, 15) is 9.59 Å². The molecule has 4 aliphatic rings. The van der Waals surface area contributed by atoms with Crippen molar-refractivity contribution in [2.24, 2.45) is 23.7 Å². The van der Waals surface area contributed by atoms with E-state index in [0.717, 1.165) is 31.5 Å². The average molecular weight is 283 g/mol. The second kappa shape index (κ2) is 3.87. The van der Waals surface area contributed by atoms with Gasteiger partial charge in [0.25, 0.3) is 0 Å². The van der Waals surface area contributed by atoms with Crippen LogP contribution in [0.25, 0.3) is 0 Å². The number of hydrogen-bond acceptors (Lipinski definition) is 3. The molecule has 4 heteroatoms. The largest absolute Gasteiger partial charge is 0.462 e. The molecule has 1 aromatic carbocycles. The van der Waals surface area contributed by atoms with Crippen molar-refractivity contribution in [3.05, 3.63) is 29.8 Å². The van der Waals surface area contributed by atoms with Crippen molar-refractivity contribution >= 4 is 17.6 Å². The third kappa shape index (κ3) is 1.40. The van der Waals surface area contributed by atoms with Crippen LogP contribution in [0.2, 0.25) is 0 Å². The number of carbonyl (C=O) groups is 2. The smallest absolute Gasteiger partial charge is 0.310 e. The number of amides is 1. The lowest BCUT2D eigenvalue weighted by atomic mass is 9.79. The molecule has 2 aliphatic heterocycles. The topological polar surface area (TPSA) is 46.6 Å². The molecule has 2 heterocycles. The fourth-order valence-corrected chi connectivity index (χ4v) is 5.09. The Morgan fingerprint density at radius 1 is 1.24 bits per heavy atom. The Morgan fingerprint density at radius 3 is 3.00 bits per heavy atom. The molecule has 0 N–H and O–H groups in total. The number of esters is 1. The molecule has 108 valence electrons. The van der Waals surface area contributed by atoms with Gasteiger partial charge in [0.15, 0.2) is 0 Å². The molecule has 2 bridgehead atoms. The molecule has 0 radical (unpaired) electrons. The Kier molecular flexibility index (Phi) is 2.17. The van der Waals surface area contributed by atoms with E-state index < -0.39 is 0 Å². The van der Waals surface area contributed by atoms with Crippen LogP contribution in [0.1, 0.15) is 18.4 Å². The van der Waals surface area contributed by atoms with Gasteiger partial charge in [0, 0.05) is 18.2 Å². The number of benzene rings is 1. The molecule has 5 atom stereocenters. The second-order valence-corrected chi connectivity index (χ2v) is 6.79. The zero-order valence-electron chi connectivity index (χ0n) is 11.7. The first-order chi connectivity index (χ1) is 10.2. The second-order valence-electron chi connectivity index (χ2n) is 6.79. The van der Waals surface area contributed by atoms with Crippen molar-refractivity contribution in [3.63, 3.8) is 0 Å². The quantitative estimate of drug-likeness (QED) is 0.738. The maximum absolute atomic E-state index is 13.1. The number of carbonyl (C=O) groups excluding carboxylic acids is 2. The Hall–Kier alpha value is -1.84. The minimum absolute atomic E-state index is 0.0995. The van der Waals surface area contributed by atoms with Gasteiger partial charge in [-0.1, -0.05) is 18.2 Å². The van der Waals surface area contributed by atoms with Gasteiger partial charge in [-0.05, 0) is 36.8 Å². The predicted octanol–water partition coefficient (Wildman–Crippen LogP) is 1.77. The molecular formula is C17H17NO3. The molecule has 1 saturated heterocycles. The molecule has 5 rings (SSSR count). The molecular weight excluding hydrogens is 266 g/mol. The Labute approximate surface area is 123 Å². The maximum Gasteiger partial charge on any atom is 0.310 e. The van der Waals surface area contributed by atoms with E-state index in [1.54, 1.807) is 0 Å². The highest BCUT2D eigenvalue weighted by Gasteiger charge is 2.64. The third-order valence-electron chi connectivity index (χ3n) is 5.92. The van der Waals surface area contributed by atoms with Crippen molar-refractivity contribution < 1.29 is 14.3 Å². The highest BCUT2D eigenvalue weighted by atomic mass is 16.6. The third-order valence-corrected chi connectivity index (χ3v) is 5.92. The molecule has 1 aromatic rings. The van der Waals surface area contributed by atoms with Crippen LogP contribution in [0.3, 0.4) is 0 Å². The molecule has 2 saturated carbocycles. The number of fused-ring (bicyclic) bond motifs is 2. The van der Waals surface area contributed by atoms with E-state index in [2.05, 4.69) is 6.07 Å². The van der Waals surface area contributed by atoms with Gasteiger partial charge in [-0.2, -0.15) is 0 Å². The summed E-state index contributed by atoms with van der Waals surface area (Å²) in [6.07, 6.45) is 2.90. The highest BCUT2D eigenvalue weighted by molar-refractivity contribution is 6.00. The summed E-state index contributed by atoms with van der Waals surface area (Å²) in [5.74, 6) is 0.345. The van der Waals surface area contributed by atoms with Crippen LogP contribution in [-0.2, 0) is 20.7 Å². The van der Waals surface area contributed by atoms with Crippen LogP contribution in [0.4, 0.5) is 5.69 Å². The molecule has 2 aliphatic carbocycles. The predicted molar refractivity (Wildman–Crippen MR) is 75.6 cm³/mol. The first-order valence-corrected chi connectivity index (χ1v) is 7.84. The number of nitrogens with zero attached hydrogens (tertiary/aromatic N) is 1. The summed E-state index contributed by atoms with van der Waals surface area (Å²) in [6.45, 7) is 0.747. The highest BCUT2D eigenvalue weighted by Crippen LogP contribution is 2.58. The van der Waals surface area contributed by atoms with Crippen molar-refractivity contribution in [1.82, 2.24) is 0 Å². The summed E-state index contributed by atoms with van der Waals surface area (Å²) < 4.78 is 5.44. The molecule has 0 spiro atoms. The van der Waals surface area contributed by atoms with Crippen LogP contribution >= 0.6 is 0 Å². The van der Waals surface area contributed by atoms with Gasteiger partial charge in [0.05, 0.1) is 11.8 Å². The Bertz CT molecular complexity index is 653. The summed E-state index contributed by atoms with van der Waals surface area (Å²) in [7, 11) is 0. The number of para-hydroxylation sites is 1. The van der Waals surface area contributed by atoms with Gasteiger partial charge in [-0.25, -0.2) is 0 Å². The van der Waals surface area contributed by atoms with Gasteiger partial charge in [-0.3, -0.25) is 9.59 Å². The molecule has 0 unspecified atom stereocenters. The average Bonchev–Trinajstić information content (AvgIpc) is 3.19. The first kappa shape index (κ1) is 11.8. The lowest BCUT2D eigenvalue weighted by Crippen LogP contribution is -2.42. The van der Waals surface area contributed by atoms with Gasteiger partial charge in [0.2, 0.25) is 5.91 Å². The van der Waals surface area contributed by atoms with Crippen molar-refractivity contribution in [3.8, 4) is 0 Å². The van der Waals surface area contributed by atoms with Gasteiger partial charge in [0.1, 0.15) is 6.10 Å². The van der Waals surface area contributed by atoms with Crippen LogP contribution in [-0.4, -0.2) is 24.5 Å². The molecule has 4 nitrogen and oxygen atoms in total. The zero-order chi connectivity index (χ0) is 14.1. The van der Waals surface area contributed by atoms with E-state index in [4.69, 9.17) is 4.74 Å². The normalized spacial score (nSPS) is 38.8. The van der Waals surface area contributed by atoms with E-state index in [0.29, 0.717) is 11.8 Å². The van der Waals surface area contributed by atoms with Crippen LogP contribution in [0.5, 0.6) is 0 Å². The minimum Gasteiger partial charge on any atom is -0.462 e. The number of ether oxygens (including phenoxy) is 1. The fourth-order valence-electron chi connectivity index (χ4n) is 5.09. The maximum atomic E-state index is 13.1. The van der Waals surface area contributed by atoms with Gasteiger partial charge >= 0.3 is 5.97 Å². The molecule has 1 amide bonds. The summed E-state index contributed by atoms with van der Waals surface area (Å²) in [5.41, 5.74) is 2.27. The van der Waals surface area contributed by atoms with Crippen molar-refractivity contribution in [1.29, 1.82) is 0 Å². The summed E-state index contributed by atoms with van der Waals surface area (Å²) >= 11 is 0. The van der Waals surface area contributed by atoms with Gasteiger partial charge in [-0.15, -0.1) is 0 Å². The first-order valence-electron chi connectivity index (χ1n) is 7.84. The summed E-state index contributed by atoms with van der Waals surface area (Å²) in [5, 5.41) is 0. The molecule has 0 aromatic heterocycles. The van der Waals surface area contributed by atoms with Gasteiger partial charge < -0.3 is 9.64 Å². The van der Waals surface area contributed by atoms with Crippen molar-refractivity contribution in [2.75, 3.05) is 11.4 Å².